The Hall–Kier alpha value is -2.60. The van der Waals surface area contributed by atoms with Gasteiger partial charge in [-0.25, -0.2) is 0 Å². The molecule has 0 saturated heterocycles. The van der Waals surface area contributed by atoms with E-state index in [-0.39, 0.29) is 35.1 Å². The number of benzene rings is 2. The van der Waals surface area contributed by atoms with Gasteiger partial charge in [-0.3, -0.25) is 0 Å². The van der Waals surface area contributed by atoms with Crippen molar-refractivity contribution in [3.05, 3.63) is 119 Å². The summed E-state index contributed by atoms with van der Waals surface area (Å²) >= 11 is 0. The number of rotatable bonds is 5. The molecular weight excluding hydrogens is 408 g/mol. The Labute approximate surface area is 214 Å². The van der Waals surface area contributed by atoms with Crippen molar-refractivity contribution in [1.82, 2.24) is 0 Å². The maximum Gasteiger partial charge on any atom is 0.0448 e. The second-order valence-electron chi connectivity index (χ2n) is 8.11. The van der Waals surface area contributed by atoms with Crippen LogP contribution in [0.25, 0.3) is 0 Å². The van der Waals surface area contributed by atoms with Crippen LogP contribution in [0.15, 0.2) is 96.6 Å². The highest BCUT2D eigenvalue weighted by atomic mass is 14.4. The van der Waals surface area contributed by atoms with E-state index in [1.807, 2.05) is 6.08 Å². The highest BCUT2D eigenvalue weighted by molar-refractivity contribution is 5.56. The molecule has 0 amide bonds. The van der Waals surface area contributed by atoms with Crippen LogP contribution < -0.4 is 0 Å². The minimum atomic E-state index is -0.0663. The summed E-state index contributed by atoms with van der Waals surface area (Å²) in [7, 11) is 0. The molecule has 0 heteroatoms. The van der Waals surface area contributed by atoms with Gasteiger partial charge in [0.2, 0.25) is 0 Å². The Bertz CT molecular complexity index is 905. The SMILES string of the molecule is C.C.C.C.C/C=C(\C)C1(c2ccc(C)cc2)C/C(=C/C=C\CC)Cc2ccccc21.C=CCC. The van der Waals surface area contributed by atoms with Crippen LogP contribution in [0.4, 0.5) is 0 Å². The number of aryl methyl sites for hydroxylation is 1. The lowest BCUT2D eigenvalue weighted by Gasteiger charge is -2.42. The molecule has 1 aliphatic carbocycles. The third-order valence-electron chi connectivity index (χ3n) is 6.03. The van der Waals surface area contributed by atoms with E-state index in [4.69, 9.17) is 0 Å². The van der Waals surface area contributed by atoms with Gasteiger partial charge < -0.3 is 0 Å². The quantitative estimate of drug-likeness (QED) is 0.387. The zero-order valence-corrected chi connectivity index (χ0v) is 19.5. The Balaban J connectivity index is -0.00000112. The van der Waals surface area contributed by atoms with Crippen molar-refractivity contribution in [2.75, 3.05) is 0 Å². The summed E-state index contributed by atoms with van der Waals surface area (Å²) in [5, 5.41) is 0. The molecule has 2 aromatic carbocycles. The van der Waals surface area contributed by atoms with E-state index in [1.165, 1.54) is 33.4 Å². The Morgan fingerprint density at radius 3 is 2.06 bits per heavy atom. The van der Waals surface area contributed by atoms with Crippen LogP contribution in [0.5, 0.6) is 0 Å². The summed E-state index contributed by atoms with van der Waals surface area (Å²) < 4.78 is 0. The molecule has 3 rings (SSSR count). The van der Waals surface area contributed by atoms with Crippen LogP contribution in [-0.4, -0.2) is 0 Å². The van der Waals surface area contributed by atoms with Gasteiger partial charge in [0.1, 0.15) is 0 Å². The lowest BCUT2D eigenvalue weighted by Crippen LogP contribution is -2.34. The first kappa shape index (κ1) is 36.0. The topological polar surface area (TPSA) is 0 Å². The molecule has 0 bridgehead atoms. The van der Waals surface area contributed by atoms with Crippen LogP contribution in [-0.2, 0) is 11.8 Å². The number of allylic oxidation sites excluding steroid dienone is 7. The van der Waals surface area contributed by atoms with Gasteiger partial charge in [0.25, 0.3) is 0 Å². The van der Waals surface area contributed by atoms with Gasteiger partial charge in [0, 0.05) is 5.41 Å². The lowest BCUT2D eigenvalue weighted by atomic mass is 9.61. The minimum Gasteiger partial charge on any atom is -0.103 e. The van der Waals surface area contributed by atoms with Crippen molar-refractivity contribution in [3.8, 4) is 0 Å². The van der Waals surface area contributed by atoms with Crippen molar-refractivity contribution in [1.29, 1.82) is 0 Å². The molecule has 0 aromatic heterocycles. The average Bonchev–Trinajstić information content (AvgIpc) is 2.78. The molecule has 1 unspecified atom stereocenters. The Morgan fingerprint density at radius 2 is 1.53 bits per heavy atom. The van der Waals surface area contributed by atoms with E-state index in [0.717, 1.165) is 25.7 Å². The van der Waals surface area contributed by atoms with Gasteiger partial charge in [-0.15, -0.1) is 6.58 Å². The minimum absolute atomic E-state index is 0. The molecule has 0 nitrogen and oxygen atoms in total. The second kappa shape index (κ2) is 17.8. The molecule has 0 heterocycles. The molecule has 34 heavy (non-hydrogen) atoms. The highest BCUT2D eigenvalue weighted by Crippen LogP contribution is 2.49. The number of hydrogen-bond donors (Lipinski definition) is 0. The molecule has 1 aliphatic rings. The summed E-state index contributed by atoms with van der Waals surface area (Å²) in [6.07, 6.45) is 15.2. The van der Waals surface area contributed by atoms with Gasteiger partial charge >= 0.3 is 0 Å². The van der Waals surface area contributed by atoms with E-state index in [0.29, 0.717) is 0 Å². The molecule has 2 aromatic rings. The van der Waals surface area contributed by atoms with E-state index < -0.39 is 0 Å². The smallest absolute Gasteiger partial charge is 0.0448 e. The molecule has 0 fully saturated rings. The molecule has 0 radical (unpaired) electrons. The molecule has 0 saturated carbocycles. The van der Waals surface area contributed by atoms with E-state index in [1.54, 1.807) is 0 Å². The van der Waals surface area contributed by atoms with Crippen LogP contribution in [0, 0.1) is 6.92 Å². The fourth-order valence-electron chi connectivity index (χ4n) is 4.21. The third kappa shape index (κ3) is 8.32. The predicted octanol–water partition coefficient (Wildman–Crippen LogP) is 11.2. The largest absolute Gasteiger partial charge is 0.103 e. The van der Waals surface area contributed by atoms with Crippen LogP contribution in [0.2, 0.25) is 0 Å². The van der Waals surface area contributed by atoms with Crippen molar-refractivity contribution in [2.45, 2.75) is 95.4 Å². The van der Waals surface area contributed by atoms with Crippen LogP contribution in [0.1, 0.15) is 98.9 Å². The first-order valence-electron chi connectivity index (χ1n) is 11.3. The van der Waals surface area contributed by atoms with Crippen LogP contribution in [0.3, 0.4) is 0 Å². The van der Waals surface area contributed by atoms with Gasteiger partial charge in [0.05, 0.1) is 0 Å². The Morgan fingerprint density at radius 1 is 0.941 bits per heavy atom. The van der Waals surface area contributed by atoms with Gasteiger partial charge in [-0.2, -0.15) is 0 Å². The van der Waals surface area contributed by atoms with Crippen molar-refractivity contribution < 1.29 is 0 Å². The van der Waals surface area contributed by atoms with Crippen LogP contribution >= 0.6 is 0 Å². The summed E-state index contributed by atoms with van der Waals surface area (Å²) in [4.78, 5) is 0. The molecule has 1 atom stereocenters. The number of fused-ring (bicyclic) bond motifs is 1. The van der Waals surface area contributed by atoms with Gasteiger partial charge in [-0.1, -0.05) is 139 Å². The van der Waals surface area contributed by atoms with Crippen molar-refractivity contribution in [3.63, 3.8) is 0 Å². The molecular formula is C34H54. The van der Waals surface area contributed by atoms with E-state index in [2.05, 4.69) is 114 Å². The van der Waals surface area contributed by atoms with E-state index >= 15 is 0 Å². The average molecular weight is 463 g/mol. The Kier molecular flexibility index (Phi) is 18.9. The van der Waals surface area contributed by atoms with Crippen molar-refractivity contribution >= 4 is 0 Å². The van der Waals surface area contributed by atoms with Crippen molar-refractivity contribution in [2.24, 2.45) is 0 Å². The van der Waals surface area contributed by atoms with E-state index in [9.17, 15) is 0 Å². The fourth-order valence-corrected chi connectivity index (χ4v) is 4.21. The maximum atomic E-state index is 3.48. The summed E-state index contributed by atoms with van der Waals surface area (Å²) in [6, 6.07) is 18.1. The monoisotopic (exact) mass is 462 g/mol. The second-order valence-corrected chi connectivity index (χ2v) is 8.11. The fraction of sp³-hybridized carbons (Fsp3) is 0.412. The highest BCUT2D eigenvalue weighted by Gasteiger charge is 2.40. The molecule has 0 aliphatic heterocycles. The third-order valence-corrected chi connectivity index (χ3v) is 6.03. The van der Waals surface area contributed by atoms with Gasteiger partial charge in [-0.05, 0) is 63.1 Å². The molecule has 190 valence electrons. The predicted molar refractivity (Wildman–Crippen MR) is 161 cm³/mol. The normalized spacial score (nSPS) is 17.6. The summed E-state index contributed by atoms with van der Waals surface area (Å²) in [6.45, 7) is 14.4. The number of hydrogen-bond acceptors (Lipinski definition) is 0. The zero-order chi connectivity index (χ0) is 22.0. The summed E-state index contributed by atoms with van der Waals surface area (Å²) in [5.74, 6) is 0. The first-order valence-corrected chi connectivity index (χ1v) is 11.3. The standard InChI is InChI=1S/C26H30.C4H8.4CH4/c1-5-7-8-11-22-18-23-12-9-10-13-25(23)26(19-22,21(4)6-2)24-16-14-20(3)15-17-24;1-3-4-2;;;;/h6-17H,5,18-19H2,1-4H3;3H,1,4H2,2H3;4*1H4/b8-7-,21-6+,22-11+;;;;;. The maximum absolute atomic E-state index is 3.48. The molecule has 0 N–H and O–H groups in total. The molecule has 0 spiro atoms. The zero-order valence-electron chi connectivity index (χ0n) is 19.5. The lowest BCUT2D eigenvalue weighted by molar-refractivity contribution is 0.558. The first-order chi connectivity index (χ1) is 14.5. The van der Waals surface area contributed by atoms with Gasteiger partial charge in [0.15, 0.2) is 0 Å². The summed E-state index contributed by atoms with van der Waals surface area (Å²) in [5.41, 5.74) is 8.51.